The zero-order valence-electron chi connectivity index (χ0n) is 3.13. The van der Waals surface area contributed by atoms with E-state index in [1.807, 2.05) is 6.08 Å². The molecule has 0 radical (unpaired) electrons. The summed E-state index contributed by atoms with van der Waals surface area (Å²) in [5, 5.41) is 0. The molecule has 1 heterocycles. The van der Waals surface area contributed by atoms with Crippen molar-refractivity contribution in [2.75, 3.05) is 0 Å². The zero-order chi connectivity index (χ0) is 4.24. The van der Waals surface area contributed by atoms with E-state index in [-0.39, 0.29) is 0 Å². The van der Waals surface area contributed by atoms with E-state index in [4.69, 9.17) is 0 Å². The molecule has 2 nitrogen and oxygen atoms in total. The predicted molar refractivity (Wildman–Crippen MR) is 23.1 cm³/mol. The molecule has 0 saturated heterocycles. The Labute approximate surface area is 48.0 Å². The van der Waals surface area contributed by atoms with Crippen molar-refractivity contribution in [3.05, 3.63) is 12.3 Å². The van der Waals surface area contributed by atoms with Crippen LogP contribution in [0.3, 0.4) is 0 Å². The molecule has 0 bridgehead atoms. The Morgan fingerprint density at radius 3 is 2.67 bits per heavy atom. The van der Waals surface area contributed by atoms with E-state index < -0.39 is 24.2 Å². The van der Waals surface area contributed by atoms with E-state index in [0.29, 0.717) is 0 Å². The molecule has 3 heteroatoms. The molecule has 0 amide bonds. The molecule has 1 aliphatic heterocycles. The van der Waals surface area contributed by atoms with Gasteiger partial charge in [-0.1, -0.05) is 0 Å². The molecule has 0 aliphatic carbocycles. The van der Waals surface area contributed by atoms with Crippen molar-refractivity contribution in [2.24, 2.45) is 0 Å². The van der Waals surface area contributed by atoms with E-state index >= 15 is 0 Å². The minimum absolute atomic E-state index is 0.921. The summed E-state index contributed by atoms with van der Waals surface area (Å²) in [6.07, 6.45) is 3.43. The summed E-state index contributed by atoms with van der Waals surface area (Å²) < 4.78 is 6.71. The first-order valence-electron chi connectivity index (χ1n) is 1.64. The van der Waals surface area contributed by atoms with Crippen LogP contribution in [0, 0.1) is 0 Å². The Hall–Kier alpha value is 0.292. The van der Waals surface area contributed by atoms with Crippen LogP contribution in [0.5, 0.6) is 0 Å². The quantitative estimate of drug-likeness (QED) is 0.453. The van der Waals surface area contributed by atoms with Gasteiger partial charge in [-0.2, -0.15) is 0 Å². The summed E-state index contributed by atoms with van der Waals surface area (Å²) in [4.78, 5) is 4.45. The SMILES string of the molecule is C1=CO[O][Tl]=[CH]1. The molecule has 1 rings (SSSR count). The fraction of sp³-hybridized carbons (Fsp3) is 0. The normalized spacial score (nSPS) is 16.0. The van der Waals surface area contributed by atoms with Gasteiger partial charge >= 0.3 is 47.8 Å². The molecule has 6 heavy (non-hydrogen) atoms. The van der Waals surface area contributed by atoms with Crippen LogP contribution in [-0.4, -0.2) is 27.8 Å². The third-order valence-electron chi connectivity index (χ3n) is 0.435. The number of hydrogen-bond acceptors (Lipinski definition) is 2. The van der Waals surface area contributed by atoms with Gasteiger partial charge in [-0.15, -0.1) is 0 Å². The molecule has 0 atom stereocenters. The Balaban J connectivity index is 2.46. The van der Waals surface area contributed by atoms with Gasteiger partial charge in [0.15, 0.2) is 0 Å². The summed E-state index contributed by atoms with van der Waals surface area (Å²) >= 11 is -0.921. The third-order valence-corrected chi connectivity index (χ3v) is 2.77. The number of allylic oxidation sites excluding steroid dienone is 1. The van der Waals surface area contributed by atoms with Gasteiger partial charge in [0, 0.05) is 0 Å². The van der Waals surface area contributed by atoms with E-state index in [0.717, 1.165) is 0 Å². The second-order valence-electron chi connectivity index (χ2n) is 0.850. The second kappa shape index (κ2) is 2.46. The van der Waals surface area contributed by atoms with Crippen molar-refractivity contribution in [1.29, 1.82) is 0 Å². The molecule has 0 saturated carbocycles. The Bertz CT molecular complexity index is 74.8. The summed E-state index contributed by atoms with van der Waals surface area (Å²) in [6.45, 7) is 0. The van der Waals surface area contributed by atoms with E-state index in [9.17, 15) is 0 Å². The van der Waals surface area contributed by atoms with Crippen LogP contribution in [0.2, 0.25) is 0 Å². The van der Waals surface area contributed by atoms with Gasteiger partial charge in [0.2, 0.25) is 0 Å². The van der Waals surface area contributed by atoms with Crippen LogP contribution in [0.25, 0.3) is 0 Å². The topological polar surface area (TPSA) is 18.5 Å². The first kappa shape index (κ1) is 4.45. The van der Waals surface area contributed by atoms with Crippen LogP contribution in [0.15, 0.2) is 12.3 Å². The summed E-state index contributed by atoms with van der Waals surface area (Å²) in [5.74, 6) is 0. The average molecular weight is 275 g/mol. The molecule has 0 aromatic heterocycles. The molecule has 30 valence electrons. The van der Waals surface area contributed by atoms with Crippen molar-refractivity contribution in [1.82, 2.24) is 0 Å². The van der Waals surface area contributed by atoms with Crippen LogP contribution in [0.1, 0.15) is 0 Å². The Kier molecular flexibility index (Phi) is 1.83. The van der Waals surface area contributed by atoms with E-state index in [1.165, 1.54) is 0 Å². The molecule has 1 aliphatic rings. The molecule has 0 N–H and O–H groups in total. The van der Waals surface area contributed by atoms with Crippen molar-refractivity contribution >= 4 is 27.8 Å². The molecular formula is C3H3O2Tl. The molecule has 0 fully saturated rings. The van der Waals surface area contributed by atoms with Gasteiger partial charge in [0.05, 0.1) is 0 Å². The van der Waals surface area contributed by atoms with Gasteiger partial charge in [0.25, 0.3) is 0 Å². The van der Waals surface area contributed by atoms with Crippen LogP contribution < -0.4 is 0 Å². The van der Waals surface area contributed by atoms with Gasteiger partial charge in [0.1, 0.15) is 0 Å². The van der Waals surface area contributed by atoms with Crippen molar-refractivity contribution < 1.29 is 7.73 Å². The molecule has 0 spiro atoms. The molecule has 0 unspecified atom stereocenters. The standard InChI is InChI=1S/C3H4O2.Tl/c1-2-3-5-4;/h1-4H;/q;+1/p-1. The van der Waals surface area contributed by atoms with Gasteiger partial charge in [-0.05, 0) is 0 Å². The predicted octanol–water partition coefficient (Wildman–Crippen LogP) is -0.117. The second-order valence-corrected chi connectivity index (χ2v) is 4.15. The average Bonchev–Trinajstić information content (AvgIpc) is 1.72. The number of hydrogen-bond donors (Lipinski definition) is 0. The van der Waals surface area contributed by atoms with E-state index in [1.54, 1.807) is 6.26 Å². The van der Waals surface area contributed by atoms with Gasteiger partial charge in [-0.3, -0.25) is 0 Å². The summed E-state index contributed by atoms with van der Waals surface area (Å²) in [6, 6.07) is 0. The Morgan fingerprint density at radius 2 is 2.50 bits per heavy atom. The van der Waals surface area contributed by atoms with Gasteiger partial charge in [-0.25, -0.2) is 0 Å². The zero-order valence-corrected chi connectivity index (χ0v) is 7.61. The van der Waals surface area contributed by atoms with Crippen molar-refractivity contribution in [2.45, 2.75) is 0 Å². The summed E-state index contributed by atoms with van der Waals surface area (Å²) in [5.41, 5.74) is 0. The van der Waals surface area contributed by atoms with Crippen LogP contribution >= 0.6 is 0 Å². The Morgan fingerprint density at radius 1 is 1.50 bits per heavy atom. The maximum absolute atomic E-state index is 4.64. The first-order chi connectivity index (χ1) is 3.00. The van der Waals surface area contributed by atoms with Gasteiger partial charge < -0.3 is 0 Å². The fourth-order valence-electron chi connectivity index (χ4n) is 0.219. The number of rotatable bonds is 0. The van der Waals surface area contributed by atoms with E-state index in [2.05, 4.69) is 11.3 Å². The van der Waals surface area contributed by atoms with Crippen LogP contribution in [0.4, 0.5) is 0 Å². The van der Waals surface area contributed by atoms with Crippen LogP contribution in [-0.2, 0) is 7.73 Å². The van der Waals surface area contributed by atoms with Crippen molar-refractivity contribution in [3.8, 4) is 0 Å². The fourth-order valence-corrected chi connectivity index (χ4v) is 1.67. The third kappa shape index (κ3) is 1.17. The van der Waals surface area contributed by atoms with Crippen molar-refractivity contribution in [3.63, 3.8) is 0 Å². The minimum atomic E-state index is -0.921. The molecule has 0 aromatic carbocycles. The molecule has 0 aromatic rings. The monoisotopic (exact) mass is 276 g/mol. The summed E-state index contributed by atoms with van der Waals surface area (Å²) in [7, 11) is 0. The molecular weight excluding hydrogens is 272 g/mol. The first-order valence-corrected chi connectivity index (χ1v) is 6.06. The maximum atomic E-state index is 4.64.